The third kappa shape index (κ3) is 4.58. The third-order valence-corrected chi connectivity index (χ3v) is 5.36. The molecule has 0 bridgehead atoms. The first kappa shape index (κ1) is 23.2. The molecule has 0 aliphatic rings. The van der Waals surface area contributed by atoms with Crippen LogP contribution in [0.5, 0.6) is 5.75 Å². The van der Waals surface area contributed by atoms with E-state index in [-0.39, 0.29) is 40.8 Å². The number of benzene rings is 2. The number of ether oxygens (including phenoxy) is 1. The van der Waals surface area contributed by atoms with Crippen molar-refractivity contribution < 1.29 is 23.5 Å². The number of nitrogen functional groups attached to an aromatic ring is 1. The normalized spacial score (nSPS) is 11.3. The molecule has 0 aliphatic heterocycles. The monoisotopic (exact) mass is 502 g/mol. The van der Waals surface area contributed by atoms with Crippen molar-refractivity contribution in [2.45, 2.75) is 6.54 Å². The van der Waals surface area contributed by atoms with Gasteiger partial charge in [-0.1, -0.05) is 12.1 Å². The van der Waals surface area contributed by atoms with E-state index in [1.54, 1.807) is 34.9 Å². The van der Waals surface area contributed by atoms with Crippen LogP contribution in [0.2, 0.25) is 0 Å². The van der Waals surface area contributed by atoms with Gasteiger partial charge in [0.1, 0.15) is 23.8 Å². The highest BCUT2D eigenvalue weighted by molar-refractivity contribution is 5.86. The molecule has 37 heavy (non-hydrogen) atoms. The zero-order valence-electron chi connectivity index (χ0n) is 19.2. The number of furan rings is 1. The van der Waals surface area contributed by atoms with Gasteiger partial charge in [-0.15, -0.1) is 0 Å². The Labute approximate surface area is 207 Å². The molecule has 14 heteroatoms. The molecule has 14 nitrogen and oxygen atoms in total. The van der Waals surface area contributed by atoms with Gasteiger partial charge in [0, 0.05) is 0 Å². The highest BCUT2D eigenvalue weighted by Crippen LogP contribution is 2.34. The van der Waals surface area contributed by atoms with Crippen molar-refractivity contribution in [2.75, 3.05) is 12.8 Å². The second-order valence-electron chi connectivity index (χ2n) is 7.64. The predicted molar refractivity (Wildman–Crippen MR) is 131 cm³/mol. The summed E-state index contributed by atoms with van der Waals surface area (Å²) >= 11 is 0. The van der Waals surface area contributed by atoms with Crippen LogP contribution in [0.1, 0.15) is 5.76 Å². The van der Waals surface area contributed by atoms with Crippen LogP contribution in [-0.2, 0) is 11.3 Å². The minimum Gasteiger partial charge on any atom is -0.497 e. The number of nitrogens with one attached hydrogen (secondary N) is 1. The predicted octanol–water partition coefficient (Wildman–Crippen LogP) is 3.00. The van der Waals surface area contributed by atoms with Crippen molar-refractivity contribution in [3.63, 3.8) is 0 Å². The van der Waals surface area contributed by atoms with E-state index in [9.17, 15) is 14.9 Å². The Morgan fingerprint density at radius 3 is 2.84 bits per heavy atom. The van der Waals surface area contributed by atoms with Gasteiger partial charge in [0.2, 0.25) is 0 Å². The van der Waals surface area contributed by atoms with Crippen molar-refractivity contribution >= 4 is 34.7 Å². The van der Waals surface area contributed by atoms with Crippen molar-refractivity contribution in [3.8, 4) is 28.6 Å². The van der Waals surface area contributed by atoms with Gasteiger partial charge in [0.25, 0.3) is 11.6 Å². The summed E-state index contributed by atoms with van der Waals surface area (Å²) in [6, 6.07) is 14.8. The molecule has 0 spiro atoms. The SMILES string of the molecule is COc1ccc(-c2ccc(C=NNC(=O)Cn3c(-c4nonc4N)nc4ccccc43)o2)c([N+](=O)[O-])c1. The lowest BCUT2D eigenvalue weighted by Crippen LogP contribution is -2.23. The van der Waals surface area contributed by atoms with E-state index in [0.29, 0.717) is 22.6 Å². The molecule has 2 aromatic carbocycles. The molecule has 0 unspecified atom stereocenters. The number of para-hydroxylation sites is 2. The van der Waals surface area contributed by atoms with E-state index in [1.165, 1.54) is 25.5 Å². The standard InChI is InChI=1S/C23H18N8O6/c1-35-13-6-8-15(18(10-13)31(33)34)19-9-7-14(36-19)11-25-27-20(32)12-30-17-5-3-2-4-16(17)26-23(30)21-22(24)29-37-28-21/h2-11H,12H2,1H3,(H2,24,29)(H,27,32). The van der Waals surface area contributed by atoms with Crippen LogP contribution in [0.25, 0.3) is 33.9 Å². The zero-order chi connectivity index (χ0) is 25.9. The number of carbonyl (C=O) groups is 1. The number of aromatic nitrogens is 4. The summed E-state index contributed by atoms with van der Waals surface area (Å²) in [5.41, 5.74) is 9.87. The van der Waals surface area contributed by atoms with E-state index in [0.717, 1.165) is 0 Å². The number of methoxy groups -OCH3 is 1. The van der Waals surface area contributed by atoms with E-state index >= 15 is 0 Å². The molecule has 3 heterocycles. The smallest absolute Gasteiger partial charge is 0.284 e. The summed E-state index contributed by atoms with van der Waals surface area (Å²) in [6.07, 6.45) is 1.28. The van der Waals surface area contributed by atoms with Gasteiger partial charge in [-0.05, 0) is 46.7 Å². The summed E-state index contributed by atoms with van der Waals surface area (Å²) in [4.78, 5) is 28.1. The van der Waals surface area contributed by atoms with E-state index in [1.807, 2.05) is 12.1 Å². The first-order valence-corrected chi connectivity index (χ1v) is 10.7. The van der Waals surface area contributed by atoms with E-state index < -0.39 is 10.8 Å². The lowest BCUT2D eigenvalue weighted by molar-refractivity contribution is -0.384. The number of imidazole rings is 1. The van der Waals surface area contributed by atoms with Crippen LogP contribution in [0.4, 0.5) is 11.5 Å². The van der Waals surface area contributed by atoms with Gasteiger partial charge >= 0.3 is 0 Å². The van der Waals surface area contributed by atoms with Crippen LogP contribution in [0, 0.1) is 10.1 Å². The fraction of sp³-hybridized carbons (Fsp3) is 0.0870. The summed E-state index contributed by atoms with van der Waals surface area (Å²) in [6.45, 7) is -0.152. The average Bonchev–Trinajstić information content (AvgIpc) is 3.62. The summed E-state index contributed by atoms with van der Waals surface area (Å²) < 4.78 is 17.0. The van der Waals surface area contributed by atoms with Crippen LogP contribution in [-0.4, -0.2) is 44.0 Å². The number of fused-ring (bicyclic) bond motifs is 1. The highest BCUT2D eigenvalue weighted by atomic mass is 16.6. The first-order valence-electron chi connectivity index (χ1n) is 10.7. The maximum Gasteiger partial charge on any atom is 0.284 e. The summed E-state index contributed by atoms with van der Waals surface area (Å²) in [7, 11) is 1.42. The number of hydrogen-bond acceptors (Lipinski definition) is 11. The van der Waals surface area contributed by atoms with Crippen molar-refractivity contribution in [1.29, 1.82) is 0 Å². The molecule has 3 aromatic heterocycles. The number of nitro groups is 1. The molecular formula is C23H18N8O6. The van der Waals surface area contributed by atoms with Gasteiger partial charge < -0.3 is 19.5 Å². The lowest BCUT2D eigenvalue weighted by atomic mass is 10.1. The largest absolute Gasteiger partial charge is 0.497 e. The average molecular weight is 502 g/mol. The zero-order valence-corrected chi connectivity index (χ0v) is 19.2. The minimum absolute atomic E-state index is 0.0423. The number of amides is 1. The van der Waals surface area contributed by atoms with Crippen LogP contribution >= 0.6 is 0 Å². The van der Waals surface area contributed by atoms with Crippen molar-refractivity contribution in [3.05, 3.63) is 70.5 Å². The molecule has 0 fully saturated rings. The summed E-state index contributed by atoms with van der Waals surface area (Å²) in [5.74, 6) is 0.777. The van der Waals surface area contributed by atoms with Crippen LogP contribution < -0.4 is 15.9 Å². The fourth-order valence-electron chi connectivity index (χ4n) is 3.68. The van der Waals surface area contributed by atoms with Gasteiger partial charge in [-0.3, -0.25) is 14.9 Å². The molecule has 0 aliphatic carbocycles. The number of hydrazone groups is 1. The van der Waals surface area contributed by atoms with Crippen LogP contribution in [0.15, 0.2) is 68.7 Å². The Bertz CT molecular complexity index is 1650. The topological polar surface area (TPSA) is 190 Å². The molecule has 5 rings (SSSR count). The molecule has 0 saturated carbocycles. The molecule has 0 saturated heterocycles. The second kappa shape index (κ2) is 9.61. The summed E-state index contributed by atoms with van der Waals surface area (Å²) in [5, 5.41) is 22.7. The Kier molecular flexibility index (Phi) is 6.03. The van der Waals surface area contributed by atoms with Gasteiger partial charge in [-0.25, -0.2) is 15.0 Å². The molecule has 1 amide bonds. The Balaban J connectivity index is 1.32. The van der Waals surface area contributed by atoms with E-state index in [4.69, 9.17) is 14.9 Å². The molecule has 186 valence electrons. The quantitative estimate of drug-likeness (QED) is 0.181. The van der Waals surface area contributed by atoms with Crippen molar-refractivity contribution in [1.82, 2.24) is 25.3 Å². The first-order chi connectivity index (χ1) is 17.9. The molecule has 0 atom stereocenters. The van der Waals surface area contributed by atoms with Crippen LogP contribution in [0.3, 0.4) is 0 Å². The number of nitrogens with zero attached hydrogens (tertiary/aromatic N) is 6. The molecule has 0 radical (unpaired) electrons. The number of anilines is 1. The number of hydrogen-bond donors (Lipinski definition) is 2. The highest BCUT2D eigenvalue weighted by Gasteiger charge is 2.21. The number of carbonyl (C=O) groups excluding carboxylic acids is 1. The molecule has 5 aromatic rings. The number of rotatable bonds is 8. The number of nitrogens with two attached hydrogens (primary N) is 1. The Morgan fingerprint density at radius 2 is 2.08 bits per heavy atom. The van der Waals surface area contributed by atoms with E-state index in [2.05, 4.69) is 30.5 Å². The number of nitro benzene ring substituents is 1. The fourth-order valence-corrected chi connectivity index (χ4v) is 3.68. The molecule has 3 N–H and O–H groups in total. The Morgan fingerprint density at radius 1 is 1.24 bits per heavy atom. The van der Waals surface area contributed by atoms with Crippen molar-refractivity contribution in [2.24, 2.45) is 5.10 Å². The maximum atomic E-state index is 12.7. The minimum atomic E-state index is -0.523. The second-order valence-corrected chi connectivity index (χ2v) is 7.64. The molecular weight excluding hydrogens is 484 g/mol. The van der Waals surface area contributed by atoms with Gasteiger partial charge in [-0.2, -0.15) is 5.10 Å². The lowest BCUT2D eigenvalue weighted by Gasteiger charge is -2.06. The van der Waals surface area contributed by atoms with Gasteiger partial charge in [0.05, 0.1) is 40.9 Å². The maximum absolute atomic E-state index is 12.7. The third-order valence-electron chi connectivity index (χ3n) is 5.36. The van der Waals surface area contributed by atoms with Gasteiger partial charge in [0.15, 0.2) is 17.3 Å². The Hall–Kier alpha value is -5.53.